The molecule has 0 fully saturated rings. The van der Waals surface area contributed by atoms with Gasteiger partial charge in [-0.1, -0.05) is 18.2 Å². The molecule has 2 aromatic carbocycles. The lowest BCUT2D eigenvalue weighted by Gasteiger charge is -2.10. The number of thioether (sulfide) groups is 1. The number of nitrogens with zero attached hydrogens (tertiary/aromatic N) is 5. The fourth-order valence-electron chi connectivity index (χ4n) is 2.44. The van der Waals surface area contributed by atoms with E-state index in [-0.39, 0.29) is 5.91 Å². The van der Waals surface area contributed by atoms with E-state index in [1.54, 1.807) is 23.1 Å². The second-order valence-corrected chi connectivity index (χ2v) is 7.26. The van der Waals surface area contributed by atoms with Gasteiger partial charge in [-0.15, -0.1) is 28.2 Å². The summed E-state index contributed by atoms with van der Waals surface area (Å²) in [4.78, 5) is 18.0. The molecule has 0 aliphatic rings. The lowest BCUT2D eigenvalue weighted by atomic mass is 10.2. The fraction of sp³-hybridized carbons (Fsp3) is 0.0556. The Labute approximate surface area is 163 Å². The minimum atomic E-state index is -0.162. The summed E-state index contributed by atoms with van der Waals surface area (Å²) >= 11 is 3.16. The van der Waals surface area contributed by atoms with Crippen molar-refractivity contribution in [1.82, 2.24) is 25.2 Å². The van der Waals surface area contributed by atoms with Crippen LogP contribution in [0.5, 0.6) is 0 Å². The number of amides is 1. The maximum atomic E-state index is 12.8. The Morgan fingerprint density at radius 2 is 2.11 bits per heavy atom. The van der Waals surface area contributed by atoms with E-state index in [0.29, 0.717) is 11.3 Å². The fourth-order valence-corrected chi connectivity index (χ4v) is 4.06. The summed E-state index contributed by atoms with van der Waals surface area (Å²) in [5.74, 6) is 0.563. The first-order valence-electron chi connectivity index (χ1n) is 8.03. The van der Waals surface area contributed by atoms with Gasteiger partial charge < -0.3 is 5.32 Å². The Kier molecular flexibility index (Phi) is 5.22. The van der Waals surface area contributed by atoms with Crippen LogP contribution in [0, 0.1) is 0 Å². The number of thiazole rings is 1. The van der Waals surface area contributed by atoms with Crippen LogP contribution in [0.2, 0.25) is 0 Å². The molecule has 7 nitrogen and oxygen atoms in total. The molecule has 0 saturated heterocycles. The molecule has 0 spiro atoms. The van der Waals surface area contributed by atoms with Gasteiger partial charge >= 0.3 is 0 Å². The number of anilines is 1. The van der Waals surface area contributed by atoms with Gasteiger partial charge in [-0.05, 0) is 40.8 Å². The number of carbonyl (C=O) groups excluding carboxylic acids is 1. The van der Waals surface area contributed by atoms with Crippen LogP contribution in [0.25, 0.3) is 5.69 Å². The Bertz CT molecular complexity index is 1030. The predicted octanol–water partition coefficient (Wildman–Crippen LogP) is 3.66. The molecule has 0 bridgehead atoms. The molecule has 1 N–H and O–H groups in total. The Hall–Kier alpha value is -3.04. The molecule has 0 aliphatic carbocycles. The second kappa shape index (κ2) is 8.11. The normalized spacial score (nSPS) is 10.7. The van der Waals surface area contributed by atoms with Gasteiger partial charge in [-0.2, -0.15) is 0 Å². The van der Waals surface area contributed by atoms with Gasteiger partial charge in [0.05, 0.1) is 22.5 Å². The molecule has 2 aromatic heterocycles. The van der Waals surface area contributed by atoms with Crippen molar-refractivity contribution in [2.45, 2.75) is 10.6 Å². The van der Waals surface area contributed by atoms with Crippen molar-refractivity contribution in [2.75, 3.05) is 5.32 Å². The summed E-state index contributed by atoms with van der Waals surface area (Å²) in [5, 5.41) is 16.1. The largest absolute Gasteiger partial charge is 0.322 e. The minimum Gasteiger partial charge on any atom is -0.322 e. The van der Waals surface area contributed by atoms with Crippen molar-refractivity contribution in [1.29, 1.82) is 0 Å². The highest BCUT2D eigenvalue weighted by atomic mass is 32.2. The van der Waals surface area contributed by atoms with Crippen molar-refractivity contribution in [3.8, 4) is 5.69 Å². The number of nitrogens with one attached hydrogen (secondary N) is 1. The molecule has 0 unspecified atom stereocenters. The lowest BCUT2D eigenvalue weighted by Crippen LogP contribution is -2.13. The molecular formula is C18H14N6OS2. The first-order valence-corrected chi connectivity index (χ1v) is 9.96. The molecule has 2 heterocycles. The molecule has 0 atom stereocenters. The van der Waals surface area contributed by atoms with Crippen molar-refractivity contribution < 1.29 is 4.79 Å². The molecular weight excluding hydrogens is 380 g/mol. The smallest absolute Gasteiger partial charge is 0.256 e. The van der Waals surface area contributed by atoms with Crippen LogP contribution >= 0.6 is 23.1 Å². The van der Waals surface area contributed by atoms with E-state index < -0.39 is 0 Å². The zero-order valence-electron chi connectivity index (χ0n) is 14.0. The van der Waals surface area contributed by atoms with Crippen molar-refractivity contribution in [3.05, 3.63) is 77.0 Å². The van der Waals surface area contributed by atoms with Gasteiger partial charge in [0.1, 0.15) is 6.33 Å². The highest BCUT2D eigenvalue weighted by Gasteiger charge is 2.12. The standard InChI is InChI=1S/C18H14N6OS2/c25-18(21-13-4-3-5-15(8-13)24-11-20-22-23-24)16-6-1-2-7-17(16)27-10-14-9-26-12-19-14/h1-9,11-12H,10H2,(H,21,25). The molecule has 9 heteroatoms. The van der Waals surface area contributed by atoms with Crippen LogP contribution < -0.4 is 5.32 Å². The number of hydrogen-bond acceptors (Lipinski definition) is 7. The van der Waals surface area contributed by atoms with E-state index in [1.165, 1.54) is 11.0 Å². The highest BCUT2D eigenvalue weighted by Crippen LogP contribution is 2.27. The number of aromatic nitrogens is 5. The average Bonchev–Trinajstić information content (AvgIpc) is 3.41. The zero-order chi connectivity index (χ0) is 18.5. The third kappa shape index (κ3) is 4.21. The van der Waals surface area contributed by atoms with E-state index in [4.69, 9.17) is 0 Å². The van der Waals surface area contributed by atoms with E-state index in [1.807, 2.05) is 59.4 Å². The lowest BCUT2D eigenvalue weighted by molar-refractivity contribution is 0.102. The van der Waals surface area contributed by atoms with Gasteiger partial charge in [0.15, 0.2) is 0 Å². The van der Waals surface area contributed by atoms with E-state index in [2.05, 4.69) is 25.8 Å². The summed E-state index contributed by atoms with van der Waals surface area (Å²) < 4.78 is 1.54. The summed E-state index contributed by atoms with van der Waals surface area (Å²) in [6.45, 7) is 0. The average molecular weight is 394 g/mol. The van der Waals surface area contributed by atoms with Gasteiger partial charge in [-0.25, -0.2) is 9.67 Å². The monoisotopic (exact) mass is 394 g/mol. The van der Waals surface area contributed by atoms with Crippen LogP contribution in [0.4, 0.5) is 5.69 Å². The molecule has 0 radical (unpaired) electrons. The van der Waals surface area contributed by atoms with Crippen LogP contribution in [-0.2, 0) is 5.75 Å². The quantitative estimate of drug-likeness (QED) is 0.502. The molecule has 4 rings (SSSR count). The molecule has 134 valence electrons. The third-order valence-electron chi connectivity index (χ3n) is 3.71. The molecule has 4 aromatic rings. The third-order valence-corrected chi connectivity index (χ3v) is 5.45. The second-order valence-electron chi connectivity index (χ2n) is 5.52. The van der Waals surface area contributed by atoms with E-state index in [0.717, 1.165) is 22.0 Å². The van der Waals surface area contributed by atoms with Crippen molar-refractivity contribution in [2.24, 2.45) is 0 Å². The number of hydrogen-bond donors (Lipinski definition) is 1. The van der Waals surface area contributed by atoms with Crippen molar-refractivity contribution >= 4 is 34.7 Å². The first kappa shape index (κ1) is 17.4. The summed E-state index contributed by atoms with van der Waals surface area (Å²) in [6.07, 6.45) is 1.51. The van der Waals surface area contributed by atoms with E-state index in [9.17, 15) is 4.79 Å². The number of benzene rings is 2. The first-order chi connectivity index (χ1) is 13.3. The highest BCUT2D eigenvalue weighted by molar-refractivity contribution is 7.98. The Balaban J connectivity index is 1.51. The Morgan fingerprint density at radius 3 is 2.93 bits per heavy atom. The van der Waals surface area contributed by atoms with E-state index >= 15 is 0 Å². The van der Waals surface area contributed by atoms with Crippen LogP contribution in [-0.4, -0.2) is 31.1 Å². The molecule has 1 amide bonds. The van der Waals surface area contributed by atoms with Gasteiger partial charge in [0.25, 0.3) is 5.91 Å². The molecule has 27 heavy (non-hydrogen) atoms. The van der Waals surface area contributed by atoms with Crippen LogP contribution in [0.1, 0.15) is 16.1 Å². The predicted molar refractivity (Wildman–Crippen MR) is 105 cm³/mol. The SMILES string of the molecule is O=C(Nc1cccc(-n2cnnn2)c1)c1ccccc1SCc1cscn1. The van der Waals surface area contributed by atoms with Crippen LogP contribution in [0.3, 0.4) is 0 Å². The zero-order valence-corrected chi connectivity index (χ0v) is 15.7. The summed E-state index contributed by atoms with van der Waals surface area (Å²) in [6, 6.07) is 14.9. The minimum absolute atomic E-state index is 0.162. The summed E-state index contributed by atoms with van der Waals surface area (Å²) in [5.41, 5.74) is 4.89. The maximum Gasteiger partial charge on any atom is 0.256 e. The molecule has 0 aliphatic heterocycles. The summed E-state index contributed by atoms with van der Waals surface area (Å²) in [7, 11) is 0. The van der Waals surface area contributed by atoms with Crippen molar-refractivity contribution in [3.63, 3.8) is 0 Å². The topological polar surface area (TPSA) is 85.6 Å². The van der Waals surface area contributed by atoms with Gasteiger partial charge in [-0.3, -0.25) is 4.79 Å². The number of tetrazole rings is 1. The Morgan fingerprint density at radius 1 is 1.19 bits per heavy atom. The van der Waals surface area contributed by atoms with Gasteiger partial charge in [0, 0.05) is 21.7 Å². The maximum absolute atomic E-state index is 12.8. The van der Waals surface area contributed by atoms with Crippen LogP contribution in [0.15, 0.2) is 70.6 Å². The van der Waals surface area contributed by atoms with Gasteiger partial charge in [0.2, 0.25) is 0 Å². The molecule has 0 saturated carbocycles. The number of rotatable bonds is 6. The number of carbonyl (C=O) groups is 1.